The molecule has 0 spiro atoms. The number of nitrogens with zero attached hydrogens (tertiary/aromatic N) is 1. The average Bonchev–Trinajstić information content (AvgIpc) is 3.28. The summed E-state index contributed by atoms with van der Waals surface area (Å²) in [4.78, 5) is 3.64. The summed E-state index contributed by atoms with van der Waals surface area (Å²) in [5, 5.41) is 0. The van der Waals surface area contributed by atoms with Crippen molar-refractivity contribution < 1.29 is 4.57 Å². The fourth-order valence-corrected chi connectivity index (χ4v) is 4.96. The van der Waals surface area contributed by atoms with Crippen molar-refractivity contribution >= 4 is 0 Å². The van der Waals surface area contributed by atoms with Crippen LogP contribution in [0.15, 0.2) is 42.7 Å². The van der Waals surface area contributed by atoms with Crippen molar-refractivity contribution in [3.05, 3.63) is 54.1 Å². The highest BCUT2D eigenvalue weighted by Crippen LogP contribution is 2.26. The molecule has 1 atom stereocenters. The van der Waals surface area contributed by atoms with Gasteiger partial charge in [0.2, 0.25) is 0 Å². The van der Waals surface area contributed by atoms with Gasteiger partial charge in [0, 0.05) is 0 Å². The summed E-state index contributed by atoms with van der Waals surface area (Å²) in [6.07, 6.45) is 27.7. The highest BCUT2D eigenvalue weighted by atomic mass is 15.1. The molecule has 1 aromatic carbocycles. The van der Waals surface area contributed by atoms with Gasteiger partial charge >= 0.3 is 0 Å². The maximum atomic E-state index is 3.64. The van der Waals surface area contributed by atoms with E-state index in [0.717, 1.165) is 13.0 Å². The van der Waals surface area contributed by atoms with E-state index in [0.29, 0.717) is 5.92 Å². The summed E-state index contributed by atoms with van der Waals surface area (Å²) in [5.41, 5.74) is 1.45. The van der Waals surface area contributed by atoms with Crippen molar-refractivity contribution in [2.45, 2.75) is 135 Å². The Labute approximate surface area is 199 Å². The molecular weight excluding hydrogens is 388 g/mol. The van der Waals surface area contributed by atoms with Crippen LogP contribution in [0.5, 0.6) is 0 Å². The lowest BCUT2D eigenvalue weighted by atomic mass is 9.93. The Morgan fingerprint density at radius 3 is 1.88 bits per heavy atom. The minimum atomic E-state index is 0.697. The Morgan fingerprint density at radius 2 is 1.25 bits per heavy atom. The minimum absolute atomic E-state index is 0.697. The number of H-pyrrole nitrogens is 1. The van der Waals surface area contributed by atoms with Gasteiger partial charge in [-0.3, -0.25) is 0 Å². The van der Waals surface area contributed by atoms with Crippen LogP contribution < -0.4 is 4.57 Å². The topological polar surface area (TPSA) is 19.7 Å². The van der Waals surface area contributed by atoms with Crippen molar-refractivity contribution in [3.8, 4) is 0 Å². The smallest absolute Gasteiger partial charge is 0.247 e. The molecule has 0 unspecified atom stereocenters. The Hall–Kier alpha value is -1.57. The lowest BCUT2D eigenvalue weighted by Crippen LogP contribution is -2.37. The van der Waals surface area contributed by atoms with Gasteiger partial charge in [0.05, 0.1) is 12.5 Å². The normalized spacial score (nSPS) is 12.3. The van der Waals surface area contributed by atoms with Crippen LogP contribution in [0, 0.1) is 0 Å². The van der Waals surface area contributed by atoms with Gasteiger partial charge in [-0.2, -0.15) is 0 Å². The molecule has 0 saturated heterocycles. The molecular formula is C30H51N2+. The second-order valence-corrected chi connectivity index (χ2v) is 9.79. The molecule has 0 aliphatic rings. The lowest BCUT2D eigenvalue weighted by Gasteiger charge is -2.14. The molecule has 0 aliphatic heterocycles. The van der Waals surface area contributed by atoms with Crippen LogP contribution in [0.4, 0.5) is 0 Å². The Kier molecular flexibility index (Phi) is 14.9. The molecule has 2 aromatic rings. The third-order valence-corrected chi connectivity index (χ3v) is 6.95. The molecule has 1 aromatic heterocycles. The summed E-state index contributed by atoms with van der Waals surface area (Å²) in [5.74, 6) is 2.18. The maximum absolute atomic E-state index is 3.64. The van der Waals surface area contributed by atoms with E-state index in [1.807, 2.05) is 0 Å². The monoisotopic (exact) mass is 439 g/mol. The van der Waals surface area contributed by atoms with Crippen LogP contribution in [-0.2, 0) is 13.0 Å². The first-order chi connectivity index (χ1) is 15.8. The van der Waals surface area contributed by atoms with Crippen molar-refractivity contribution in [3.63, 3.8) is 0 Å². The van der Waals surface area contributed by atoms with Crippen LogP contribution in [0.2, 0.25) is 0 Å². The van der Waals surface area contributed by atoms with E-state index in [4.69, 9.17) is 0 Å². The zero-order chi connectivity index (χ0) is 22.7. The van der Waals surface area contributed by atoms with Gasteiger partial charge in [-0.1, -0.05) is 128 Å². The molecule has 32 heavy (non-hydrogen) atoms. The third-order valence-electron chi connectivity index (χ3n) is 6.95. The highest BCUT2D eigenvalue weighted by Gasteiger charge is 2.22. The maximum Gasteiger partial charge on any atom is 0.257 e. The van der Waals surface area contributed by atoms with Gasteiger partial charge < -0.3 is 0 Å². The largest absolute Gasteiger partial charge is 0.257 e. The second-order valence-electron chi connectivity index (χ2n) is 9.79. The molecule has 0 bridgehead atoms. The van der Waals surface area contributed by atoms with Gasteiger partial charge in [0.15, 0.2) is 0 Å². The Balaban J connectivity index is 1.77. The van der Waals surface area contributed by atoms with E-state index in [9.17, 15) is 0 Å². The summed E-state index contributed by atoms with van der Waals surface area (Å²) >= 11 is 0. The molecule has 2 heteroatoms. The summed E-state index contributed by atoms with van der Waals surface area (Å²) in [6, 6.07) is 10.9. The number of rotatable bonds is 20. The van der Waals surface area contributed by atoms with Crippen LogP contribution in [-0.4, -0.2) is 4.98 Å². The number of aromatic amines is 1. The van der Waals surface area contributed by atoms with Crippen molar-refractivity contribution in [2.75, 3.05) is 0 Å². The van der Waals surface area contributed by atoms with Gasteiger partial charge in [-0.05, 0) is 31.2 Å². The number of aromatic nitrogens is 2. The van der Waals surface area contributed by atoms with Crippen molar-refractivity contribution in [1.29, 1.82) is 0 Å². The average molecular weight is 440 g/mol. The van der Waals surface area contributed by atoms with Gasteiger partial charge in [-0.25, -0.2) is 9.55 Å². The van der Waals surface area contributed by atoms with Crippen LogP contribution in [0.3, 0.4) is 0 Å². The number of aryl methyl sites for hydroxylation is 2. The molecule has 2 rings (SSSR count). The van der Waals surface area contributed by atoms with Crippen LogP contribution in [0.25, 0.3) is 0 Å². The number of unbranched alkanes of at least 4 members (excludes halogenated alkanes) is 11. The summed E-state index contributed by atoms with van der Waals surface area (Å²) in [7, 11) is 0. The van der Waals surface area contributed by atoms with E-state index >= 15 is 0 Å². The minimum Gasteiger partial charge on any atom is -0.247 e. The van der Waals surface area contributed by atoms with Crippen LogP contribution in [0.1, 0.15) is 134 Å². The molecule has 1 heterocycles. The lowest BCUT2D eigenvalue weighted by molar-refractivity contribution is -0.704. The van der Waals surface area contributed by atoms with E-state index in [1.54, 1.807) is 0 Å². The molecule has 0 aliphatic carbocycles. The van der Waals surface area contributed by atoms with Crippen LogP contribution >= 0.6 is 0 Å². The van der Waals surface area contributed by atoms with E-state index in [1.165, 1.54) is 114 Å². The molecule has 0 amide bonds. The SMILES string of the molecule is CCCCCCCCCCC[C@H](CCCCCC)c1[nH]cc[n+]1CCCc1ccccc1. The third kappa shape index (κ3) is 11.3. The number of imidazole rings is 1. The molecule has 0 saturated carbocycles. The van der Waals surface area contributed by atoms with Crippen molar-refractivity contribution in [1.82, 2.24) is 4.98 Å². The van der Waals surface area contributed by atoms with Crippen molar-refractivity contribution in [2.24, 2.45) is 0 Å². The van der Waals surface area contributed by atoms with Gasteiger partial charge in [0.25, 0.3) is 5.82 Å². The number of hydrogen-bond acceptors (Lipinski definition) is 0. The zero-order valence-corrected chi connectivity index (χ0v) is 21.3. The summed E-state index contributed by atoms with van der Waals surface area (Å²) in [6.45, 7) is 5.73. The molecule has 0 radical (unpaired) electrons. The van der Waals surface area contributed by atoms with Gasteiger partial charge in [0.1, 0.15) is 12.4 Å². The fourth-order valence-electron chi connectivity index (χ4n) is 4.96. The van der Waals surface area contributed by atoms with E-state index < -0.39 is 0 Å². The first-order valence-corrected chi connectivity index (χ1v) is 14.0. The van der Waals surface area contributed by atoms with E-state index in [2.05, 4.69) is 66.1 Å². The number of benzene rings is 1. The number of nitrogens with one attached hydrogen (secondary N) is 1. The number of hydrogen-bond donors (Lipinski definition) is 1. The molecule has 1 N–H and O–H groups in total. The highest BCUT2D eigenvalue weighted by molar-refractivity contribution is 5.14. The van der Waals surface area contributed by atoms with E-state index in [-0.39, 0.29) is 0 Å². The zero-order valence-electron chi connectivity index (χ0n) is 21.3. The molecule has 0 fully saturated rings. The summed E-state index contributed by atoms with van der Waals surface area (Å²) < 4.78 is 2.52. The first kappa shape index (κ1) is 26.7. The fraction of sp³-hybridized carbons (Fsp3) is 0.700. The quantitative estimate of drug-likeness (QED) is 0.157. The standard InChI is InChI=1S/C30H50N2/c1-3-5-7-9-10-11-12-13-18-24-29(23-17-8-6-4-2)30-31-25-27-32(30)26-19-22-28-20-15-14-16-21-28/h14-16,20-21,25,27,29H,3-13,17-19,22-24,26H2,1-2H3/p+1/t29-/m0/s1. The Morgan fingerprint density at radius 1 is 0.688 bits per heavy atom. The predicted octanol–water partition coefficient (Wildman–Crippen LogP) is 8.91. The molecule has 180 valence electrons. The predicted molar refractivity (Wildman–Crippen MR) is 139 cm³/mol. The first-order valence-electron chi connectivity index (χ1n) is 14.0. The Bertz CT molecular complexity index is 660. The molecule has 2 nitrogen and oxygen atoms in total. The second kappa shape index (κ2) is 17.9. The van der Waals surface area contributed by atoms with Gasteiger partial charge in [-0.15, -0.1) is 0 Å².